The van der Waals surface area contributed by atoms with Crippen molar-refractivity contribution in [3.05, 3.63) is 35.9 Å². The van der Waals surface area contributed by atoms with E-state index in [-0.39, 0.29) is 5.41 Å². The van der Waals surface area contributed by atoms with Crippen LogP contribution in [0, 0.1) is 17.4 Å². The number of rotatable bonds is 6. The van der Waals surface area contributed by atoms with Crippen LogP contribution in [0.1, 0.15) is 61.0 Å². The molecule has 1 rings (SSSR count). The van der Waals surface area contributed by atoms with Gasteiger partial charge in [-0.3, -0.25) is 0 Å². The van der Waals surface area contributed by atoms with Crippen LogP contribution in [-0.4, -0.2) is 8.32 Å². The van der Waals surface area contributed by atoms with Crippen LogP contribution in [0.2, 0.25) is 16.6 Å². The molecule has 0 aliphatic carbocycles. The molecule has 0 unspecified atom stereocenters. The zero-order chi connectivity index (χ0) is 17.7. The second-order valence-corrected chi connectivity index (χ2v) is 13.6. The summed E-state index contributed by atoms with van der Waals surface area (Å²) in [5.74, 6) is 3.39. The summed E-state index contributed by atoms with van der Waals surface area (Å²) in [7, 11) is -1.89. The summed E-state index contributed by atoms with van der Waals surface area (Å²) < 4.78 is 6.37. The predicted molar refractivity (Wildman–Crippen MR) is 104 cm³/mol. The molecule has 1 aromatic carbocycles. The Morgan fingerprint density at radius 1 is 0.913 bits per heavy atom. The lowest BCUT2D eigenvalue weighted by molar-refractivity contribution is 0.436. The minimum atomic E-state index is -1.89. The first-order valence-electron chi connectivity index (χ1n) is 8.86. The molecule has 0 amide bonds. The fourth-order valence-corrected chi connectivity index (χ4v) is 8.69. The third-order valence-corrected chi connectivity index (χ3v) is 10.7. The van der Waals surface area contributed by atoms with E-state index in [0.29, 0.717) is 16.6 Å². The van der Waals surface area contributed by atoms with Crippen molar-refractivity contribution in [2.75, 3.05) is 0 Å². The molecule has 0 bridgehead atoms. The van der Waals surface area contributed by atoms with Gasteiger partial charge in [0.05, 0.1) is 6.11 Å². The zero-order valence-corrected chi connectivity index (χ0v) is 17.2. The second kappa shape index (κ2) is 8.06. The van der Waals surface area contributed by atoms with Gasteiger partial charge in [0, 0.05) is 5.41 Å². The number of benzene rings is 1. The highest BCUT2D eigenvalue weighted by atomic mass is 28.4. The van der Waals surface area contributed by atoms with Crippen LogP contribution < -0.4 is 0 Å². The highest BCUT2D eigenvalue weighted by Crippen LogP contribution is 2.42. The highest BCUT2D eigenvalue weighted by molar-refractivity contribution is 6.77. The van der Waals surface area contributed by atoms with Gasteiger partial charge in [0.1, 0.15) is 0 Å². The summed E-state index contributed by atoms with van der Waals surface area (Å²) in [6.07, 6.45) is 4.09. The molecule has 0 aromatic heterocycles. The summed E-state index contributed by atoms with van der Waals surface area (Å²) in [6.45, 7) is 18.2. The molecule has 0 aliphatic heterocycles. The Kier molecular flexibility index (Phi) is 6.95. The lowest BCUT2D eigenvalue weighted by atomic mass is 9.87. The van der Waals surface area contributed by atoms with Gasteiger partial charge in [0.2, 0.25) is 0 Å². The van der Waals surface area contributed by atoms with Gasteiger partial charge in [-0.25, -0.2) is 0 Å². The monoisotopic (exact) mass is 330 g/mol. The molecule has 1 aromatic rings. The molecule has 0 radical (unpaired) electrons. The van der Waals surface area contributed by atoms with Crippen molar-refractivity contribution >= 4 is 8.32 Å². The van der Waals surface area contributed by atoms with Crippen LogP contribution in [0.25, 0.3) is 0 Å². The van der Waals surface area contributed by atoms with Crippen LogP contribution in [0.5, 0.6) is 0 Å². The third-order valence-electron chi connectivity index (χ3n) is 4.81. The van der Waals surface area contributed by atoms with Gasteiger partial charge in [0.15, 0.2) is 0 Å². The van der Waals surface area contributed by atoms with E-state index < -0.39 is 8.32 Å². The van der Waals surface area contributed by atoms with Crippen molar-refractivity contribution < 1.29 is 4.43 Å². The molecule has 128 valence electrons. The van der Waals surface area contributed by atoms with Crippen LogP contribution in [0.15, 0.2) is 30.3 Å². The molecule has 1 nitrogen and oxygen atoms in total. The van der Waals surface area contributed by atoms with Gasteiger partial charge in [-0.1, -0.05) is 77.8 Å². The Hall–Kier alpha value is -1.20. The minimum absolute atomic E-state index is 0.0770. The molecular weight excluding hydrogens is 296 g/mol. The molecule has 0 aliphatic rings. The van der Waals surface area contributed by atoms with Gasteiger partial charge in [0.25, 0.3) is 8.32 Å². The van der Waals surface area contributed by atoms with E-state index in [1.54, 1.807) is 0 Å². The van der Waals surface area contributed by atoms with Crippen molar-refractivity contribution in [2.24, 2.45) is 5.41 Å². The lowest BCUT2D eigenvalue weighted by Crippen LogP contribution is -2.46. The first-order valence-corrected chi connectivity index (χ1v) is 11.0. The van der Waals surface area contributed by atoms with Crippen LogP contribution in [0.3, 0.4) is 0 Å². The lowest BCUT2D eigenvalue weighted by Gasteiger charge is -2.39. The summed E-state index contributed by atoms with van der Waals surface area (Å²) in [5.41, 5.74) is 2.94. The first-order chi connectivity index (χ1) is 10.6. The summed E-state index contributed by atoms with van der Waals surface area (Å²) in [6, 6.07) is 10.6. The molecule has 0 N–H and O–H groups in total. The Morgan fingerprint density at radius 3 is 1.83 bits per heavy atom. The molecule has 0 saturated carbocycles. The van der Waals surface area contributed by atoms with E-state index in [1.165, 1.54) is 5.56 Å². The van der Waals surface area contributed by atoms with Crippen LogP contribution in [-0.2, 0) is 10.8 Å². The van der Waals surface area contributed by atoms with Gasteiger partial charge >= 0.3 is 0 Å². The summed E-state index contributed by atoms with van der Waals surface area (Å²) in [4.78, 5) is 0. The molecule has 2 heteroatoms. The van der Waals surface area contributed by atoms with E-state index >= 15 is 0 Å². The Morgan fingerprint density at radius 2 is 1.39 bits per heavy atom. The number of hydrogen-bond donors (Lipinski definition) is 0. The molecule has 23 heavy (non-hydrogen) atoms. The SMILES string of the molecule is CC(C)[Si](OC#CC(C)(C)Cc1ccccc1)(C(C)C)C(C)C. The maximum Gasteiger partial charge on any atom is 0.272 e. The van der Waals surface area contributed by atoms with Crippen molar-refractivity contribution in [3.8, 4) is 12.0 Å². The van der Waals surface area contributed by atoms with E-state index in [2.05, 4.69) is 97.7 Å². The molecule has 0 fully saturated rings. The van der Waals surface area contributed by atoms with Gasteiger partial charge < -0.3 is 4.43 Å². The van der Waals surface area contributed by atoms with Crippen molar-refractivity contribution in [3.63, 3.8) is 0 Å². The average molecular weight is 331 g/mol. The maximum absolute atomic E-state index is 6.37. The number of hydrogen-bond acceptors (Lipinski definition) is 1. The van der Waals surface area contributed by atoms with E-state index in [4.69, 9.17) is 4.43 Å². The van der Waals surface area contributed by atoms with Gasteiger partial charge in [-0.05, 0) is 42.5 Å². The Balaban J connectivity index is 2.91. The standard InChI is InChI=1S/C21H34OSi/c1-17(2)23(18(3)4,19(5)6)22-15-14-21(7,8)16-20-12-10-9-11-13-20/h9-13,17-19H,16H2,1-8H3. The van der Waals surface area contributed by atoms with E-state index in [9.17, 15) is 0 Å². The summed E-state index contributed by atoms with van der Waals surface area (Å²) in [5, 5.41) is 0. The maximum atomic E-state index is 6.37. The minimum Gasteiger partial charge on any atom is -0.500 e. The predicted octanol–water partition coefficient (Wildman–Crippen LogP) is 6.41. The van der Waals surface area contributed by atoms with Crippen LogP contribution in [0.4, 0.5) is 0 Å². The molecule has 0 saturated heterocycles. The van der Waals surface area contributed by atoms with Crippen molar-refractivity contribution in [2.45, 2.75) is 78.4 Å². The molecular formula is C21H34OSi. The second-order valence-electron chi connectivity index (χ2n) is 8.19. The largest absolute Gasteiger partial charge is 0.500 e. The Bertz CT molecular complexity index is 510. The normalized spacial score (nSPS) is 12.5. The fourth-order valence-electron chi connectivity index (χ4n) is 3.76. The smallest absolute Gasteiger partial charge is 0.272 e. The topological polar surface area (TPSA) is 9.23 Å². The fraction of sp³-hybridized carbons (Fsp3) is 0.619. The highest BCUT2D eigenvalue weighted by Gasteiger charge is 2.46. The quantitative estimate of drug-likeness (QED) is 0.432. The molecule has 0 heterocycles. The summed E-state index contributed by atoms with van der Waals surface area (Å²) >= 11 is 0. The zero-order valence-electron chi connectivity index (χ0n) is 16.2. The van der Waals surface area contributed by atoms with Crippen molar-refractivity contribution in [1.82, 2.24) is 0 Å². The van der Waals surface area contributed by atoms with Crippen LogP contribution >= 0.6 is 0 Å². The van der Waals surface area contributed by atoms with E-state index in [1.807, 2.05) is 0 Å². The molecule has 0 spiro atoms. The van der Waals surface area contributed by atoms with Gasteiger partial charge in [-0.15, -0.1) is 0 Å². The first kappa shape index (κ1) is 19.8. The third kappa shape index (κ3) is 5.14. The van der Waals surface area contributed by atoms with E-state index in [0.717, 1.165) is 6.42 Å². The van der Waals surface area contributed by atoms with Crippen molar-refractivity contribution in [1.29, 1.82) is 0 Å². The Labute approximate surface area is 145 Å². The molecule has 0 atom stereocenters. The van der Waals surface area contributed by atoms with Gasteiger partial charge in [-0.2, -0.15) is 0 Å². The average Bonchev–Trinajstić information content (AvgIpc) is 2.42.